The van der Waals surface area contributed by atoms with Gasteiger partial charge in [-0.15, -0.1) is 0 Å². The number of nitrogens with zero attached hydrogens (tertiary/aromatic N) is 4. The van der Waals surface area contributed by atoms with Crippen molar-refractivity contribution >= 4 is 34.9 Å². The van der Waals surface area contributed by atoms with Gasteiger partial charge in [0.1, 0.15) is 0 Å². The Morgan fingerprint density at radius 3 is 2.62 bits per heavy atom. The standard InChI is InChI=1S/C24H33N5O3SeSi/c1-24(2,3)34(5,6)32-16-12-18(31-17(16)13-33-4)29-21(25)19-22(27-14-26-19)28-23(29)20(30)15-10-8-7-9-11-15/h7-11,14,16-18H,12-13,25H2,1-6H3/t16-,17-,18+/m0/s1. The fourth-order valence-corrected chi connectivity index (χ4v) is 6.59. The summed E-state index contributed by atoms with van der Waals surface area (Å²) >= 11 is 0.410. The molecule has 10 heteroatoms. The zero-order chi connectivity index (χ0) is 24.7. The van der Waals surface area contributed by atoms with Crippen molar-refractivity contribution < 1.29 is 14.0 Å². The number of carbonyl (C=O) groups is 1. The Morgan fingerprint density at radius 1 is 1.26 bits per heavy atom. The number of nitrogen functional groups attached to an aromatic ring is 1. The van der Waals surface area contributed by atoms with E-state index in [4.69, 9.17) is 14.9 Å². The minimum absolute atomic E-state index is 0.0582. The van der Waals surface area contributed by atoms with E-state index in [9.17, 15) is 4.79 Å². The molecule has 1 saturated heterocycles. The van der Waals surface area contributed by atoms with Crippen molar-refractivity contribution in [2.24, 2.45) is 0 Å². The summed E-state index contributed by atoms with van der Waals surface area (Å²) in [6.45, 7) is 11.2. The van der Waals surface area contributed by atoms with E-state index < -0.39 is 14.5 Å². The second kappa shape index (κ2) is 9.51. The van der Waals surface area contributed by atoms with Gasteiger partial charge in [0.15, 0.2) is 0 Å². The van der Waals surface area contributed by atoms with Crippen LogP contribution in [0, 0.1) is 0 Å². The van der Waals surface area contributed by atoms with E-state index in [0.717, 1.165) is 5.32 Å². The molecule has 8 nitrogen and oxygen atoms in total. The van der Waals surface area contributed by atoms with Crippen LogP contribution in [0.1, 0.15) is 49.6 Å². The molecule has 2 N–H and O–H groups in total. The number of fused-ring (bicyclic) bond motifs is 1. The zero-order valence-electron chi connectivity index (χ0n) is 20.6. The monoisotopic (exact) mass is 547 g/mol. The maximum absolute atomic E-state index is 13.5. The summed E-state index contributed by atoms with van der Waals surface area (Å²) in [7, 11) is -2.02. The number of imidazole rings is 1. The third-order valence-corrected chi connectivity index (χ3v) is 12.7. The molecule has 0 saturated carbocycles. The SMILES string of the molecule is C[Se]C[C@@H]1O[C@@H](n2c(C(=O)c3ccccc3)nc3ncnc-3c2N)C[C@@H]1O[Si](C)(C)C(C)(C)C. The molecule has 34 heavy (non-hydrogen) atoms. The molecule has 3 atom stereocenters. The Morgan fingerprint density at radius 2 is 1.97 bits per heavy atom. The second-order valence-corrected chi connectivity index (χ2v) is 16.8. The van der Waals surface area contributed by atoms with Crippen molar-refractivity contribution in [3.05, 3.63) is 48.0 Å². The Hall–Kier alpha value is -2.10. The molecule has 0 spiro atoms. The first-order chi connectivity index (χ1) is 16.0. The van der Waals surface area contributed by atoms with Crippen molar-refractivity contribution in [2.75, 3.05) is 5.73 Å². The molecule has 0 aliphatic carbocycles. The van der Waals surface area contributed by atoms with Crippen LogP contribution in [0.2, 0.25) is 29.3 Å². The molecule has 1 aromatic carbocycles. The van der Waals surface area contributed by atoms with Crippen molar-refractivity contribution in [1.29, 1.82) is 0 Å². The molecule has 1 fully saturated rings. The van der Waals surface area contributed by atoms with E-state index >= 15 is 0 Å². The third kappa shape index (κ3) is 4.70. The van der Waals surface area contributed by atoms with E-state index in [1.807, 2.05) is 18.2 Å². The molecule has 182 valence electrons. The number of hydrogen-bond acceptors (Lipinski definition) is 7. The van der Waals surface area contributed by atoms with Crippen LogP contribution in [0.4, 0.5) is 5.82 Å². The predicted octanol–water partition coefficient (Wildman–Crippen LogP) is 4.44. The molecular formula is C24H33N5O3SeSi. The molecule has 0 radical (unpaired) electrons. The van der Waals surface area contributed by atoms with Crippen molar-refractivity contribution in [1.82, 2.24) is 19.5 Å². The molecule has 4 rings (SSSR count). The van der Waals surface area contributed by atoms with Gasteiger partial charge in [-0.2, -0.15) is 0 Å². The van der Waals surface area contributed by atoms with Crippen LogP contribution in [0.5, 0.6) is 0 Å². The molecular weight excluding hydrogens is 513 g/mol. The first kappa shape index (κ1) is 25.0. The van der Waals surface area contributed by atoms with E-state index in [1.165, 1.54) is 6.33 Å². The van der Waals surface area contributed by atoms with Crippen molar-refractivity contribution in [3.8, 4) is 11.5 Å². The predicted molar refractivity (Wildman–Crippen MR) is 136 cm³/mol. The molecule has 3 heterocycles. The van der Waals surface area contributed by atoms with E-state index in [1.54, 1.807) is 16.7 Å². The van der Waals surface area contributed by atoms with Crippen LogP contribution >= 0.6 is 0 Å². The molecule has 0 unspecified atom stereocenters. The number of benzene rings is 1. The first-order valence-corrected chi connectivity index (χ1v) is 17.3. The number of carbonyl (C=O) groups excluding carboxylic acids is 1. The molecule has 0 aromatic heterocycles. The van der Waals surface area contributed by atoms with Crippen molar-refractivity contribution in [3.63, 3.8) is 0 Å². The van der Waals surface area contributed by atoms with Crippen LogP contribution < -0.4 is 5.73 Å². The quantitative estimate of drug-likeness (QED) is 0.345. The topological polar surface area (TPSA) is 105 Å². The molecule has 0 amide bonds. The third-order valence-electron chi connectivity index (χ3n) is 6.81. The Kier molecular flexibility index (Phi) is 6.99. The number of ketones is 1. The number of ether oxygens (including phenoxy) is 1. The second-order valence-electron chi connectivity index (χ2n) is 10.2. The van der Waals surface area contributed by atoms with Crippen LogP contribution in [-0.4, -0.2) is 60.8 Å². The summed E-state index contributed by atoms with van der Waals surface area (Å²) in [5, 5.41) is 1.01. The van der Waals surface area contributed by atoms with Gasteiger partial charge in [0.05, 0.1) is 0 Å². The number of aromatic nitrogens is 4. The summed E-state index contributed by atoms with van der Waals surface area (Å²) in [6, 6.07) is 9.07. The molecule has 0 bridgehead atoms. The van der Waals surface area contributed by atoms with E-state index in [-0.39, 0.29) is 28.9 Å². The van der Waals surface area contributed by atoms with Gasteiger partial charge in [0.2, 0.25) is 0 Å². The van der Waals surface area contributed by atoms with Gasteiger partial charge in [0.25, 0.3) is 0 Å². The fourth-order valence-electron chi connectivity index (χ4n) is 3.93. The van der Waals surface area contributed by atoms with Gasteiger partial charge >= 0.3 is 209 Å². The Bertz CT molecular complexity index is 1130. The number of hydrogen-bond donors (Lipinski definition) is 1. The average molecular weight is 547 g/mol. The summed E-state index contributed by atoms with van der Waals surface area (Å²) in [4.78, 5) is 26.6. The molecule has 1 aromatic rings. The number of rotatable bonds is 7. The zero-order valence-corrected chi connectivity index (χ0v) is 23.3. The van der Waals surface area contributed by atoms with Crippen LogP contribution in [0.3, 0.4) is 0 Å². The summed E-state index contributed by atoms with van der Waals surface area (Å²) < 4.78 is 15.1. The maximum atomic E-state index is 13.5. The molecule has 3 aliphatic heterocycles. The normalized spacial score (nSPS) is 21.3. The van der Waals surface area contributed by atoms with Gasteiger partial charge < -0.3 is 0 Å². The summed E-state index contributed by atoms with van der Waals surface area (Å²) in [5.74, 6) is 2.86. The van der Waals surface area contributed by atoms with Crippen LogP contribution in [0.15, 0.2) is 36.7 Å². The first-order valence-electron chi connectivity index (χ1n) is 11.4. The average Bonchev–Trinajstić information content (AvgIpc) is 3.40. The minimum atomic E-state index is -2.02. The van der Waals surface area contributed by atoms with Gasteiger partial charge in [-0.1, -0.05) is 0 Å². The van der Waals surface area contributed by atoms with Gasteiger partial charge in [-0.25, -0.2) is 0 Å². The van der Waals surface area contributed by atoms with E-state index in [0.29, 0.717) is 44.3 Å². The number of nitrogens with two attached hydrogens (primary N) is 1. The van der Waals surface area contributed by atoms with Crippen LogP contribution in [0.25, 0.3) is 11.5 Å². The number of anilines is 1. The summed E-state index contributed by atoms with van der Waals surface area (Å²) in [5.41, 5.74) is 7.58. The van der Waals surface area contributed by atoms with Gasteiger partial charge in [-0.05, 0) is 0 Å². The molecule has 3 aliphatic rings. The van der Waals surface area contributed by atoms with Crippen molar-refractivity contribution in [2.45, 2.75) is 74.9 Å². The van der Waals surface area contributed by atoms with Crippen LogP contribution in [-0.2, 0) is 9.16 Å². The Labute approximate surface area is 208 Å². The van der Waals surface area contributed by atoms with Gasteiger partial charge in [0, 0.05) is 0 Å². The fraction of sp³-hybridized carbons (Fsp3) is 0.500. The Balaban J connectivity index is 1.76. The van der Waals surface area contributed by atoms with E-state index in [2.05, 4.69) is 54.6 Å². The summed E-state index contributed by atoms with van der Waals surface area (Å²) in [6.07, 6.45) is 1.41. The van der Waals surface area contributed by atoms with Gasteiger partial charge in [-0.3, -0.25) is 0 Å².